The number of nitrogens with one attached hydrogen (secondary N) is 1. The Morgan fingerprint density at radius 1 is 1.69 bits per heavy atom. The maximum Gasteiger partial charge on any atom is 0.0794 e. The molecule has 13 heavy (non-hydrogen) atoms. The van der Waals surface area contributed by atoms with E-state index in [2.05, 4.69) is 29.0 Å². The van der Waals surface area contributed by atoms with Crippen molar-refractivity contribution >= 4 is 23.1 Å². The Morgan fingerprint density at radius 3 is 3.23 bits per heavy atom. The van der Waals surface area contributed by atoms with Crippen molar-refractivity contribution < 1.29 is 0 Å². The van der Waals surface area contributed by atoms with Gasteiger partial charge in [-0.2, -0.15) is 11.8 Å². The minimum absolute atomic E-state index is 0.710. The first kappa shape index (κ1) is 9.49. The minimum Gasteiger partial charge on any atom is -0.308 e. The summed E-state index contributed by atoms with van der Waals surface area (Å²) >= 11 is 3.79. The van der Waals surface area contributed by atoms with E-state index in [0.717, 1.165) is 11.8 Å². The number of nitrogens with zero attached hydrogens (tertiary/aromatic N) is 1. The Kier molecular flexibility index (Phi) is 3.24. The van der Waals surface area contributed by atoms with Crippen molar-refractivity contribution in [3.05, 3.63) is 16.6 Å². The molecular formula is C9H14N2S2. The first-order valence-electron chi connectivity index (χ1n) is 4.57. The van der Waals surface area contributed by atoms with Crippen LogP contribution >= 0.6 is 23.1 Å². The van der Waals surface area contributed by atoms with E-state index in [4.69, 9.17) is 0 Å². The van der Waals surface area contributed by atoms with E-state index in [0.29, 0.717) is 6.04 Å². The molecule has 0 aromatic carbocycles. The van der Waals surface area contributed by atoms with Crippen LogP contribution in [0.4, 0.5) is 0 Å². The number of aromatic nitrogens is 1. The lowest BCUT2D eigenvalue weighted by atomic mass is 10.2. The fourth-order valence-electron chi connectivity index (χ4n) is 1.53. The molecule has 2 unspecified atom stereocenters. The molecule has 2 heterocycles. The van der Waals surface area contributed by atoms with Gasteiger partial charge in [-0.3, -0.25) is 4.98 Å². The van der Waals surface area contributed by atoms with Crippen molar-refractivity contribution in [3.63, 3.8) is 0 Å². The topological polar surface area (TPSA) is 24.9 Å². The van der Waals surface area contributed by atoms with Gasteiger partial charge in [-0.15, -0.1) is 11.3 Å². The summed E-state index contributed by atoms with van der Waals surface area (Å²) in [5, 5.41) is 4.40. The van der Waals surface area contributed by atoms with Gasteiger partial charge in [-0.25, -0.2) is 0 Å². The van der Waals surface area contributed by atoms with E-state index >= 15 is 0 Å². The molecule has 1 aliphatic rings. The SMILES string of the molecule is CC1CC(NCc2cncs2)CS1. The maximum absolute atomic E-state index is 4.06. The van der Waals surface area contributed by atoms with Gasteiger partial charge in [0.05, 0.1) is 5.51 Å². The molecule has 2 nitrogen and oxygen atoms in total. The molecule has 0 spiro atoms. The molecule has 0 bridgehead atoms. The van der Waals surface area contributed by atoms with E-state index in [1.54, 1.807) is 11.3 Å². The quantitative estimate of drug-likeness (QED) is 0.834. The van der Waals surface area contributed by atoms with Crippen molar-refractivity contribution in [2.24, 2.45) is 0 Å². The number of hydrogen-bond acceptors (Lipinski definition) is 4. The fraction of sp³-hybridized carbons (Fsp3) is 0.667. The summed E-state index contributed by atoms with van der Waals surface area (Å²) in [4.78, 5) is 5.39. The van der Waals surface area contributed by atoms with Gasteiger partial charge >= 0.3 is 0 Å². The van der Waals surface area contributed by atoms with Crippen LogP contribution in [0.1, 0.15) is 18.2 Å². The zero-order chi connectivity index (χ0) is 9.10. The monoisotopic (exact) mass is 214 g/mol. The first-order valence-corrected chi connectivity index (χ1v) is 6.50. The predicted molar refractivity (Wildman–Crippen MR) is 59.3 cm³/mol. The molecule has 1 aromatic heterocycles. The average Bonchev–Trinajstić information content (AvgIpc) is 2.71. The van der Waals surface area contributed by atoms with E-state index in [9.17, 15) is 0 Å². The highest BCUT2D eigenvalue weighted by Crippen LogP contribution is 2.26. The molecule has 72 valence electrons. The van der Waals surface area contributed by atoms with Crippen LogP contribution < -0.4 is 5.32 Å². The van der Waals surface area contributed by atoms with Gasteiger partial charge in [0, 0.05) is 34.7 Å². The maximum atomic E-state index is 4.06. The molecule has 1 aromatic rings. The summed E-state index contributed by atoms with van der Waals surface area (Å²) in [6.45, 7) is 3.29. The van der Waals surface area contributed by atoms with Gasteiger partial charge in [-0.1, -0.05) is 6.92 Å². The Labute approximate surface area is 87.1 Å². The molecule has 4 heteroatoms. The third-order valence-electron chi connectivity index (χ3n) is 2.25. The average molecular weight is 214 g/mol. The van der Waals surface area contributed by atoms with E-state index < -0.39 is 0 Å². The highest BCUT2D eigenvalue weighted by atomic mass is 32.2. The summed E-state index contributed by atoms with van der Waals surface area (Å²) in [6.07, 6.45) is 3.26. The molecule has 0 saturated carbocycles. The second-order valence-corrected chi connectivity index (χ2v) is 5.87. The number of rotatable bonds is 3. The van der Waals surface area contributed by atoms with Crippen LogP contribution in [0.25, 0.3) is 0 Å². The standard InChI is InChI=1S/C9H14N2S2/c1-7-2-8(5-12-7)11-4-9-3-10-6-13-9/h3,6-8,11H,2,4-5H2,1H3. The Balaban J connectivity index is 1.74. The van der Waals surface area contributed by atoms with Crippen molar-refractivity contribution in [2.45, 2.75) is 31.2 Å². The third kappa shape index (κ3) is 2.69. The highest BCUT2D eigenvalue weighted by molar-refractivity contribution is 8.00. The smallest absolute Gasteiger partial charge is 0.0794 e. The number of thiazole rings is 1. The van der Waals surface area contributed by atoms with Gasteiger partial charge in [0.15, 0.2) is 0 Å². The van der Waals surface area contributed by atoms with Crippen LogP contribution in [0.2, 0.25) is 0 Å². The first-order chi connectivity index (χ1) is 6.34. The molecule has 0 radical (unpaired) electrons. The fourth-order valence-corrected chi connectivity index (χ4v) is 3.26. The number of thioether (sulfide) groups is 1. The van der Waals surface area contributed by atoms with Crippen LogP contribution in [0.15, 0.2) is 11.7 Å². The summed E-state index contributed by atoms with van der Waals surface area (Å²) in [6, 6.07) is 0.710. The van der Waals surface area contributed by atoms with Gasteiger partial charge < -0.3 is 5.32 Å². The lowest BCUT2D eigenvalue weighted by Gasteiger charge is -2.09. The zero-order valence-electron chi connectivity index (χ0n) is 7.69. The highest BCUT2D eigenvalue weighted by Gasteiger charge is 2.20. The lowest BCUT2D eigenvalue weighted by Crippen LogP contribution is -2.28. The van der Waals surface area contributed by atoms with Crippen LogP contribution in [0, 0.1) is 0 Å². The largest absolute Gasteiger partial charge is 0.308 e. The molecular weight excluding hydrogens is 200 g/mol. The Bertz CT molecular complexity index is 248. The van der Waals surface area contributed by atoms with E-state index in [1.807, 2.05) is 11.7 Å². The summed E-state index contributed by atoms with van der Waals surface area (Å²) < 4.78 is 0. The second kappa shape index (κ2) is 4.44. The molecule has 0 aliphatic carbocycles. The van der Waals surface area contributed by atoms with Crippen LogP contribution in [0.5, 0.6) is 0 Å². The predicted octanol–water partition coefficient (Wildman–Crippen LogP) is 2.13. The van der Waals surface area contributed by atoms with Crippen LogP contribution in [-0.4, -0.2) is 22.0 Å². The summed E-state index contributed by atoms with van der Waals surface area (Å²) in [7, 11) is 0. The van der Waals surface area contributed by atoms with E-state index in [-0.39, 0.29) is 0 Å². The van der Waals surface area contributed by atoms with Gasteiger partial charge in [0.2, 0.25) is 0 Å². The Hall–Kier alpha value is -0.0600. The van der Waals surface area contributed by atoms with Gasteiger partial charge in [0.1, 0.15) is 0 Å². The van der Waals surface area contributed by atoms with Crippen molar-refractivity contribution in [1.82, 2.24) is 10.3 Å². The normalized spacial score (nSPS) is 28.1. The van der Waals surface area contributed by atoms with Gasteiger partial charge in [-0.05, 0) is 6.42 Å². The van der Waals surface area contributed by atoms with E-state index in [1.165, 1.54) is 17.1 Å². The van der Waals surface area contributed by atoms with Crippen LogP contribution in [-0.2, 0) is 6.54 Å². The Morgan fingerprint density at radius 2 is 2.62 bits per heavy atom. The lowest BCUT2D eigenvalue weighted by molar-refractivity contribution is 0.541. The van der Waals surface area contributed by atoms with Gasteiger partial charge in [0.25, 0.3) is 0 Å². The van der Waals surface area contributed by atoms with Crippen molar-refractivity contribution in [1.29, 1.82) is 0 Å². The molecule has 1 N–H and O–H groups in total. The van der Waals surface area contributed by atoms with Crippen molar-refractivity contribution in [3.8, 4) is 0 Å². The summed E-state index contributed by atoms with van der Waals surface area (Å²) in [5.74, 6) is 1.26. The second-order valence-electron chi connectivity index (χ2n) is 3.43. The molecule has 0 amide bonds. The summed E-state index contributed by atoms with van der Waals surface area (Å²) in [5.41, 5.74) is 1.89. The molecule has 1 fully saturated rings. The molecule has 1 saturated heterocycles. The van der Waals surface area contributed by atoms with Crippen molar-refractivity contribution in [2.75, 3.05) is 5.75 Å². The number of hydrogen-bond donors (Lipinski definition) is 1. The van der Waals surface area contributed by atoms with Crippen LogP contribution in [0.3, 0.4) is 0 Å². The molecule has 2 atom stereocenters. The minimum atomic E-state index is 0.710. The third-order valence-corrected chi connectivity index (χ3v) is 4.38. The molecule has 2 rings (SSSR count). The zero-order valence-corrected chi connectivity index (χ0v) is 9.33. The molecule has 1 aliphatic heterocycles.